The molecule has 0 bridgehead atoms. The van der Waals surface area contributed by atoms with Gasteiger partial charge < -0.3 is 25.2 Å². The van der Waals surface area contributed by atoms with Crippen molar-refractivity contribution < 1.29 is 23.6 Å². The van der Waals surface area contributed by atoms with Crippen molar-refractivity contribution in [1.29, 1.82) is 0 Å². The van der Waals surface area contributed by atoms with Gasteiger partial charge in [-0.1, -0.05) is 0 Å². The van der Waals surface area contributed by atoms with E-state index < -0.39 is 48.6 Å². The summed E-state index contributed by atoms with van der Waals surface area (Å²) in [5, 5.41) is 8.91. The minimum absolute atomic E-state index is 0.136. The predicted octanol–water partition coefficient (Wildman–Crippen LogP) is 1.91. The SMILES string of the molecule is C[C@H]1CN(c2c(F)c(N)c3c(=O)c(C(=O)O)cn(C4CC4)c3c2F)CCN1PO. The van der Waals surface area contributed by atoms with Gasteiger partial charge in [-0.25, -0.2) is 13.6 Å². The maximum atomic E-state index is 15.7. The number of nitrogens with two attached hydrogens (primary N) is 1. The summed E-state index contributed by atoms with van der Waals surface area (Å²) >= 11 is 0. The van der Waals surface area contributed by atoms with Crippen LogP contribution in [0.15, 0.2) is 11.0 Å². The van der Waals surface area contributed by atoms with Crippen LogP contribution in [-0.2, 0) is 0 Å². The second-order valence-corrected chi connectivity index (χ2v) is 8.29. The molecule has 0 radical (unpaired) electrons. The molecule has 2 heterocycles. The van der Waals surface area contributed by atoms with E-state index in [-0.39, 0.29) is 36.4 Å². The summed E-state index contributed by atoms with van der Waals surface area (Å²) in [6.07, 6.45) is 2.54. The number of hydrogen-bond donors (Lipinski definition) is 3. The van der Waals surface area contributed by atoms with E-state index >= 15 is 8.78 Å². The van der Waals surface area contributed by atoms with Crippen molar-refractivity contribution in [3.63, 3.8) is 0 Å². The Morgan fingerprint density at radius 2 is 1.97 bits per heavy atom. The number of piperazine rings is 1. The first-order valence-corrected chi connectivity index (χ1v) is 10.2. The second-order valence-electron chi connectivity index (χ2n) is 7.52. The smallest absolute Gasteiger partial charge is 0.341 e. The number of fused-ring (bicyclic) bond motifs is 1. The van der Waals surface area contributed by atoms with Crippen LogP contribution in [0.25, 0.3) is 10.9 Å². The van der Waals surface area contributed by atoms with Crippen molar-refractivity contribution >= 4 is 37.2 Å². The minimum Gasteiger partial charge on any atom is -0.477 e. The number of pyridine rings is 1. The molecule has 2 atom stereocenters. The fourth-order valence-corrected chi connectivity index (χ4v) is 4.41. The molecule has 4 N–H and O–H groups in total. The fourth-order valence-electron chi connectivity index (χ4n) is 3.93. The number of hydrogen-bond acceptors (Lipinski definition) is 6. The third-order valence-corrected chi connectivity index (χ3v) is 6.53. The van der Waals surface area contributed by atoms with Crippen molar-refractivity contribution in [3.05, 3.63) is 33.6 Å². The summed E-state index contributed by atoms with van der Waals surface area (Å²) in [6, 6.07) is -0.294. The van der Waals surface area contributed by atoms with Crippen molar-refractivity contribution in [1.82, 2.24) is 9.24 Å². The fraction of sp³-hybridized carbons (Fsp3) is 0.444. The van der Waals surface area contributed by atoms with E-state index in [1.54, 1.807) is 4.67 Å². The van der Waals surface area contributed by atoms with Gasteiger partial charge in [-0.3, -0.25) is 9.46 Å². The van der Waals surface area contributed by atoms with Gasteiger partial charge in [-0.2, -0.15) is 0 Å². The van der Waals surface area contributed by atoms with Crippen molar-refractivity contribution in [2.45, 2.75) is 31.8 Å². The van der Waals surface area contributed by atoms with Gasteiger partial charge in [0.05, 0.1) is 25.5 Å². The summed E-state index contributed by atoms with van der Waals surface area (Å²) in [5.74, 6) is -3.45. The monoisotopic (exact) mass is 426 g/mol. The number of nitrogens with zero attached hydrogens (tertiary/aromatic N) is 3. The first-order chi connectivity index (χ1) is 13.8. The molecule has 2 aliphatic rings. The third-order valence-electron chi connectivity index (χ3n) is 5.61. The Kier molecular flexibility index (Phi) is 4.96. The van der Waals surface area contributed by atoms with Gasteiger partial charge in [-0.05, 0) is 19.8 Å². The van der Waals surface area contributed by atoms with Crippen LogP contribution in [0.2, 0.25) is 0 Å². The average molecular weight is 426 g/mol. The number of aromatic nitrogens is 1. The van der Waals surface area contributed by atoms with E-state index in [1.807, 2.05) is 6.92 Å². The van der Waals surface area contributed by atoms with Crippen LogP contribution in [0, 0.1) is 11.6 Å². The molecule has 1 aliphatic carbocycles. The highest BCUT2D eigenvalue weighted by Gasteiger charge is 2.34. The Morgan fingerprint density at radius 3 is 2.52 bits per heavy atom. The number of nitrogen functional groups attached to an aromatic ring is 1. The Labute approximate surface area is 166 Å². The minimum atomic E-state index is -1.47. The first kappa shape index (κ1) is 20.0. The highest BCUT2D eigenvalue weighted by Crippen LogP contribution is 2.42. The summed E-state index contributed by atoms with van der Waals surface area (Å²) in [6.45, 7) is 2.81. The number of halogens is 2. The Balaban J connectivity index is 1.97. The molecule has 0 amide bonds. The number of rotatable bonds is 4. The van der Waals surface area contributed by atoms with Crippen LogP contribution < -0.4 is 16.1 Å². The average Bonchev–Trinajstić information content (AvgIpc) is 3.51. The predicted molar refractivity (Wildman–Crippen MR) is 107 cm³/mol. The number of carboxylic acids is 1. The molecule has 156 valence electrons. The molecule has 8 nitrogen and oxygen atoms in total. The van der Waals surface area contributed by atoms with Crippen molar-refractivity contribution in [3.8, 4) is 0 Å². The lowest BCUT2D eigenvalue weighted by Crippen LogP contribution is -2.49. The summed E-state index contributed by atoms with van der Waals surface area (Å²) in [5.41, 5.74) is 3.34. The van der Waals surface area contributed by atoms with E-state index in [4.69, 9.17) is 5.73 Å². The van der Waals surface area contributed by atoms with E-state index in [1.165, 1.54) is 9.47 Å². The zero-order valence-electron chi connectivity index (χ0n) is 15.7. The lowest BCUT2D eigenvalue weighted by molar-refractivity contribution is 0.0695. The summed E-state index contributed by atoms with van der Waals surface area (Å²) in [7, 11) is -0.398. The molecular formula is C18H21F2N4O4P. The van der Waals surface area contributed by atoms with Crippen molar-refractivity contribution in [2.24, 2.45) is 0 Å². The maximum absolute atomic E-state index is 15.7. The quantitative estimate of drug-likeness (QED) is 0.506. The van der Waals surface area contributed by atoms with E-state index in [2.05, 4.69) is 0 Å². The highest BCUT2D eigenvalue weighted by molar-refractivity contribution is 7.28. The highest BCUT2D eigenvalue weighted by atomic mass is 31.1. The molecule has 1 saturated carbocycles. The van der Waals surface area contributed by atoms with Crippen LogP contribution in [0.3, 0.4) is 0 Å². The molecule has 11 heteroatoms. The van der Waals surface area contributed by atoms with Crippen LogP contribution in [0.4, 0.5) is 20.2 Å². The van der Waals surface area contributed by atoms with Gasteiger partial charge in [0.2, 0.25) is 5.43 Å². The Morgan fingerprint density at radius 1 is 1.28 bits per heavy atom. The first-order valence-electron chi connectivity index (χ1n) is 9.26. The van der Waals surface area contributed by atoms with Crippen molar-refractivity contribution in [2.75, 3.05) is 30.3 Å². The van der Waals surface area contributed by atoms with Gasteiger partial charge in [0.1, 0.15) is 11.3 Å². The maximum Gasteiger partial charge on any atom is 0.341 e. The molecule has 1 saturated heterocycles. The Bertz CT molecular complexity index is 1070. The standard InChI is InChI=1S/C18H21F2N4O4P/c1-8-6-22(4-5-24(8)29-28)16-12(19)14(21)11-15(13(16)20)23(9-2-3-9)7-10(17(11)25)18(26)27/h7-9,28-29H,2-6,21H2,1H3,(H,26,27)/t8-/m0/s1. The Hall–Kier alpha value is -2.29. The number of carbonyl (C=O) groups is 1. The van der Waals surface area contributed by atoms with Gasteiger partial charge >= 0.3 is 5.97 Å². The van der Waals surface area contributed by atoms with Gasteiger partial charge in [0.15, 0.2) is 11.6 Å². The lowest BCUT2D eigenvalue weighted by Gasteiger charge is -2.40. The molecule has 2 fully saturated rings. The largest absolute Gasteiger partial charge is 0.477 e. The molecule has 4 rings (SSSR count). The molecule has 1 aliphatic heterocycles. The molecular weight excluding hydrogens is 405 g/mol. The molecule has 2 aromatic rings. The van der Waals surface area contributed by atoms with Crippen LogP contribution in [-0.4, -0.2) is 50.9 Å². The number of benzene rings is 1. The lowest BCUT2D eigenvalue weighted by atomic mass is 10.1. The molecule has 1 aromatic carbocycles. The van der Waals surface area contributed by atoms with E-state index in [0.717, 1.165) is 6.20 Å². The summed E-state index contributed by atoms with van der Waals surface area (Å²) in [4.78, 5) is 35.1. The number of carboxylic acid groups (broad SMARTS) is 1. The van der Waals surface area contributed by atoms with Crippen LogP contribution in [0.5, 0.6) is 0 Å². The molecule has 0 spiro atoms. The zero-order valence-corrected chi connectivity index (χ0v) is 16.7. The van der Waals surface area contributed by atoms with E-state index in [0.29, 0.717) is 19.4 Å². The van der Waals surface area contributed by atoms with Gasteiger partial charge in [0.25, 0.3) is 0 Å². The van der Waals surface area contributed by atoms with Gasteiger partial charge in [-0.15, -0.1) is 0 Å². The summed E-state index contributed by atoms with van der Waals surface area (Å²) < 4.78 is 34.0. The number of aromatic carboxylic acids is 1. The zero-order chi connectivity index (χ0) is 21.0. The van der Waals surface area contributed by atoms with Crippen LogP contribution >= 0.6 is 8.96 Å². The topological polar surface area (TPSA) is 112 Å². The number of anilines is 2. The third kappa shape index (κ3) is 3.15. The second kappa shape index (κ2) is 7.19. The molecule has 1 aromatic heterocycles. The normalized spacial score (nSPS) is 20.8. The van der Waals surface area contributed by atoms with E-state index in [9.17, 15) is 19.6 Å². The van der Waals surface area contributed by atoms with Gasteiger partial charge in [0, 0.05) is 37.9 Å². The molecule has 29 heavy (non-hydrogen) atoms. The van der Waals surface area contributed by atoms with Crippen LogP contribution in [0.1, 0.15) is 36.2 Å². The molecule has 1 unspecified atom stereocenters.